The fraction of sp³-hybridized carbons (Fsp3) is 0. The van der Waals surface area contributed by atoms with Gasteiger partial charge in [-0.2, -0.15) is 5.26 Å². The maximum Gasteiger partial charge on any atom is 0.219 e. The molecule has 0 radical (unpaired) electrons. The Balaban J connectivity index is 2.92. The maximum atomic E-state index is 8.81. The molecule has 2 heteroatoms. The van der Waals surface area contributed by atoms with E-state index < -0.39 is 0 Å². The third kappa shape index (κ3) is 1.16. The summed E-state index contributed by atoms with van der Waals surface area (Å²) < 4.78 is 0. The molecule has 0 rings (SSSR count). The van der Waals surface area contributed by atoms with Crippen LogP contribution in [0.5, 0.6) is 0 Å². The van der Waals surface area contributed by atoms with Gasteiger partial charge in [-0.05, 0) is 0 Å². The van der Waals surface area contributed by atoms with E-state index in [2.05, 4.69) is 0 Å². The minimum Gasteiger partial charge on any atom is -0.286 e. The Hall–Kier alpha value is -0.840. The third-order valence-electron chi connectivity index (χ3n) is 0.0527. The fourth-order valence-corrected chi connectivity index (χ4v) is 0. The summed E-state index contributed by atoms with van der Waals surface area (Å²) in [6.07, 6.45) is 0.181. The van der Waals surface area contributed by atoms with E-state index in [9.17, 15) is 0 Å². The van der Waals surface area contributed by atoms with Crippen molar-refractivity contribution in [3.63, 3.8) is 0 Å². The first-order valence-corrected chi connectivity index (χ1v) is 0.748. The number of carbonyl (C=O) groups is 1. The van der Waals surface area contributed by atoms with Crippen molar-refractivity contribution >= 4 is 6.29 Å². The van der Waals surface area contributed by atoms with Crippen molar-refractivity contribution in [1.29, 1.82) is 5.26 Å². The summed E-state index contributed by atoms with van der Waals surface area (Å²) in [6.45, 7) is 0. The van der Waals surface area contributed by atoms with Crippen molar-refractivity contribution in [2.24, 2.45) is 0 Å². The monoisotopic (exact) mass is 55.0 g/mol. The van der Waals surface area contributed by atoms with Gasteiger partial charge in [0.25, 0.3) is 0 Å². The fourth-order valence-electron chi connectivity index (χ4n) is 0. The Bertz CT molecular complexity index is 51.5. The van der Waals surface area contributed by atoms with Crippen LogP contribution in [0.3, 0.4) is 0 Å². The van der Waals surface area contributed by atoms with Gasteiger partial charge >= 0.3 is 0 Å². The average Bonchev–Trinajstić information content (AvgIpc) is 1.37. The average molecular weight is 55.0 g/mol. The second-order valence-corrected chi connectivity index (χ2v) is 0.247. The quantitative estimate of drug-likeness (QED) is 0.282. The van der Waals surface area contributed by atoms with E-state index in [1.165, 1.54) is 6.07 Å². The molecule has 2 nitrogen and oxygen atoms in total. The third-order valence-corrected chi connectivity index (χ3v) is 0.0527. The lowest BCUT2D eigenvalue weighted by molar-refractivity contribution is -0.103. The smallest absolute Gasteiger partial charge is 0.219 e. The van der Waals surface area contributed by atoms with Gasteiger partial charge in [0.2, 0.25) is 6.29 Å². The minimum absolute atomic E-state index is 0.181. The van der Waals surface area contributed by atoms with Crippen molar-refractivity contribution in [3.8, 4) is 6.07 Å². The molecule has 0 aliphatic rings. The number of hydrogen-bond acceptors (Lipinski definition) is 2. The Morgan fingerprint density at radius 1 is 2.00 bits per heavy atom. The maximum absolute atomic E-state index is 8.81. The second-order valence-electron chi connectivity index (χ2n) is 0.247. The lowest BCUT2D eigenvalue weighted by Gasteiger charge is -1.24. The van der Waals surface area contributed by atoms with Gasteiger partial charge in [-0.25, -0.2) is 0 Å². The van der Waals surface area contributed by atoms with Crippen LogP contribution in [-0.4, -0.2) is 6.29 Å². The van der Waals surface area contributed by atoms with E-state index in [1.807, 2.05) is 0 Å². The zero-order valence-electron chi connectivity index (χ0n) is 1.93. The van der Waals surface area contributed by atoms with Gasteiger partial charge in [-0.1, -0.05) is 0 Å². The normalized spacial score (nSPS) is 3.75. The summed E-state index contributed by atoms with van der Waals surface area (Å²) in [4.78, 5) is 8.81. The highest BCUT2D eigenvalue weighted by atomic mass is 16.1. The summed E-state index contributed by atoms with van der Waals surface area (Å²) in [7, 11) is 0. The number of nitriles is 1. The van der Waals surface area contributed by atoms with Gasteiger partial charge in [-0.3, -0.25) is 4.79 Å². The highest BCUT2D eigenvalue weighted by Crippen LogP contribution is 1.19. The number of aldehydes is 1. The van der Waals surface area contributed by atoms with Crippen molar-refractivity contribution in [3.05, 3.63) is 0 Å². The predicted octanol–water partition coefficient (Wildman–Crippen LogP) is -0.291. The van der Waals surface area contributed by atoms with Crippen molar-refractivity contribution in [2.75, 3.05) is 0 Å². The molecule has 0 N–H and O–H groups in total. The molecule has 0 aromatic carbocycles. The standard InChI is InChI=1S/C2HNO/c3-1-2-4/h2H. The molecule has 20 valence electrons. The molecular weight excluding hydrogens is 54.0 g/mol. The number of rotatable bonds is 0. The number of hydrogen-bond donors (Lipinski definition) is 0. The van der Waals surface area contributed by atoms with Crippen LogP contribution >= 0.6 is 0 Å². The van der Waals surface area contributed by atoms with Crippen LogP contribution in [0.1, 0.15) is 0 Å². The summed E-state index contributed by atoms with van der Waals surface area (Å²) in [6, 6.07) is 1.25. The van der Waals surface area contributed by atoms with Gasteiger partial charge in [0.1, 0.15) is 6.07 Å². The van der Waals surface area contributed by atoms with Gasteiger partial charge in [0, 0.05) is 0 Å². The van der Waals surface area contributed by atoms with Crippen molar-refractivity contribution in [1.82, 2.24) is 0 Å². The molecule has 0 unspecified atom stereocenters. The summed E-state index contributed by atoms with van der Waals surface area (Å²) in [5.74, 6) is 0. The molecule has 0 fully saturated rings. The minimum atomic E-state index is 0.181. The molecule has 0 aromatic rings. The Labute approximate surface area is 23.7 Å². The van der Waals surface area contributed by atoms with Crippen LogP contribution in [0.4, 0.5) is 0 Å². The van der Waals surface area contributed by atoms with Gasteiger partial charge < -0.3 is 0 Å². The van der Waals surface area contributed by atoms with E-state index in [1.54, 1.807) is 0 Å². The molecule has 4 heavy (non-hydrogen) atoms. The summed E-state index contributed by atoms with van der Waals surface area (Å²) in [5, 5.41) is 7.26. The van der Waals surface area contributed by atoms with Crippen LogP contribution < -0.4 is 0 Å². The Kier molecular flexibility index (Phi) is 1.71. The highest BCUT2D eigenvalue weighted by Gasteiger charge is 1.43. The van der Waals surface area contributed by atoms with Crippen LogP contribution in [-0.2, 0) is 4.79 Å². The second kappa shape index (κ2) is 2.16. The molecule has 0 aliphatic carbocycles. The predicted molar refractivity (Wildman–Crippen MR) is 11.7 cm³/mol. The first kappa shape index (κ1) is 3.16. The molecule has 0 heterocycles. The van der Waals surface area contributed by atoms with Gasteiger partial charge in [0.15, 0.2) is 0 Å². The highest BCUT2D eigenvalue weighted by molar-refractivity contribution is 5.68. The first-order valence-electron chi connectivity index (χ1n) is 0.748. The molecular formula is C2HNO. The Morgan fingerprint density at radius 3 is 2.25 bits per heavy atom. The Morgan fingerprint density at radius 2 is 2.25 bits per heavy atom. The van der Waals surface area contributed by atoms with E-state index in [-0.39, 0.29) is 6.29 Å². The van der Waals surface area contributed by atoms with Gasteiger partial charge in [0.05, 0.1) is 0 Å². The lowest BCUT2D eigenvalue weighted by Crippen LogP contribution is -1.46. The van der Waals surface area contributed by atoms with E-state index in [0.29, 0.717) is 0 Å². The molecule has 0 saturated carbocycles. The number of nitrogens with zero attached hydrogens (tertiary/aromatic N) is 1. The molecule has 0 saturated heterocycles. The first-order chi connectivity index (χ1) is 1.91. The number of carbonyl (C=O) groups excluding carboxylic acids is 1. The van der Waals surface area contributed by atoms with E-state index in [4.69, 9.17) is 10.1 Å². The van der Waals surface area contributed by atoms with Crippen LogP contribution in [0.2, 0.25) is 0 Å². The largest absolute Gasteiger partial charge is 0.286 e. The molecule has 0 aromatic heterocycles. The van der Waals surface area contributed by atoms with Crippen LogP contribution in [0, 0.1) is 11.3 Å². The molecule has 0 atom stereocenters. The van der Waals surface area contributed by atoms with Crippen molar-refractivity contribution in [2.45, 2.75) is 0 Å². The summed E-state index contributed by atoms with van der Waals surface area (Å²) >= 11 is 0. The molecule has 0 aliphatic heterocycles. The van der Waals surface area contributed by atoms with Gasteiger partial charge in [-0.15, -0.1) is 0 Å². The van der Waals surface area contributed by atoms with E-state index >= 15 is 0 Å². The van der Waals surface area contributed by atoms with Crippen LogP contribution in [0.25, 0.3) is 0 Å². The van der Waals surface area contributed by atoms with Crippen LogP contribution in [0.15, 0.2) is 0 Å². The van der Waals surface area contributed by atoms with Crippen molar-refractivity contribution < 1.29 is 4.79 Å². The molecule has 0 spiro atoms. The summed E-state index contributed by atoms with van der Waals surface area (Å²) in [5.41, 5.74) is 0. The topological polar surface area (TPSA) is 40.9 Å². The van der Waals surface area contributed by atoms with E-state index in [0.717, 1.165) is 0 Å². The molecule has 0 amide bonds. The zero-order chi connectivity index (χ0) is 3.41. The lowest BCUT2D eigenvalue weighted by atomic mass is 10.9. The SMILES string of the molecule is N#CC=O. The zero-order valence-corrected chi connectivity index (χ0v) is 1.93. The molecule has 0 bridgehead atoms.